The summed E-state index contributed by atoms with van der Waals surface area (Å²) in [6.45, 7) is 8.40. The molecule has 1 saturated heterocycles. The molecule has 2 aromatic carbocycles. The van der Waals surface area contributed by atoms with Gasteiger partial charge < -0.3 is 9.64 Å². The standard InChI is InChI=1S/C20H26N2O3S/c1-15-5-7-19(16(2)13-15)21-9-11-22(12-10-21)26(23,24)18-6-8-20(25-4)17(3)14-18/h5-8,13-14H,9-12H2,1-4H3. The fraction of sp³-hybridized carbons (Fsp3) is 0.400. The van der Waals surface area contributed by atoms with Crippen molar-refractivity contribution >= 4 is 15.7 Å². The quantitative estimate of drug-likeness (QED) is 0.825. The maximum Gasteiger partial charge on any atom is 0.243 e. The number of methoxy groups -OCH3 is 1. The largest absolute Gasteiger partial charge is 0.496 e. The summed E-state index contributed by atoms with van der Waals surface area (Å²) in [5, 5.41) is 0. The number of nitrogens with zero attached hydrogens (tertiary/aromatic N) is 2. The number of anilines is 1. The van der Waals surface area contributed by atoms with Crippen molar-refractivity contribution in [3.63, 3.8) is 0 Å². The second kappa shape index (κ2) is 7.29. The van der Waals surface area contributed by atoms with Crippen molar-refractivity contribution in [3.05, 3.63) is 53.1 Å². The smallest absolute Gasteiger partial charge is 0.243 e. The van der Waals surface area contributed by atoms with Gasteiger partial charge in [0.2, 0.25) is 10.0 Å². The highest BCUT2D eigenvalue weighted by molar-refractivity contribution is 7.89. The number of hydrogen-bond acceptors (Lipinski definition) is 4. The Morgan fingerprint density at radius 3 is 2.15 bits per heavy atom. The van der Waals surface area contributed by atoms with Gasteiger partial charge >= 0.3 is 0 Å². The predicted octanol–water partition coefficient (Wildman–Crippen LogP) is 3.13. The molecule has 0 atom stereocenters. The molecule has 0 unspecified atom stereocenters. The molecule has 0 radical (unpaired) electrons. The molecular formula is C20H26N2O3S. The number of ether oxygens (including phenoxy) is 1. The minimum Gasteiger partial charge on any atom is -0.496 e. The van der Waals surface area contributed by atoms with Gasteiger partial charge in [0.05, 0.1) is 12.0 Å². The molecule has 0 N–H and O–H groups in total. The van der Waals surface area contributed by atoms with Crippen molar-refractivity contribution < 1.29 is 13.2 Å². The molecule has 5 nitrogen and oxygen atoms in total. The van der Waals surface area contributed by atoms with Crippen molar-refractivity contribution in [1.82, 2.24) is 4.31 Å². The van der Waals surface area contributed by atoms with Gasteiger partial charge in [-0.1, -0.05) is 17.7 Å². The van der Waals surface area contributed by atoms with Crippen LogP contribution in [0.15, 0.2) is 41.3 Å². The summed E-state index contributed by atoms with van der Waals surface area (Å²) in [6, 6.07) is 11.4. The van der Waals surface area contributed by atoms with Crippen LogP contribution >= 0.6 is 0 Å². The van der Waals surface area contributed by atoms with Crippen molar-refractivity contribution in [3.8, 4) is 5.75 Å². The third kappa shape index (κ3) is 3.57. The molecule has 3 rings (SSSR count). The van der Waals surface area contributed by atoms with Gasteiger partial charge in [-0.3, -0.25) is 0 Å². The summed E-state index contributed by atoms with van der Waals surface area (Å²) in [6.07, 6.45) is 0. The first kappa shape index (κ1) is 18.7. The molecule has 0 aliphatic carbocycles. The summed E-state index contributed by atoms with van der Waals surface area (Å²) in [7, 11) is -1.89. The van der Waals surface area contributed by atoms with Gasteiger partial charge in [-0.2, -0.15) is 4.31 Å². The Morgan fingerprint density at radius 1 is 0.885 bits per heavy atom. The molecule has 26 heavy (non-hydrogen) atoms. The van der Waals surface area contributed by atoms with Crippen LogP contribution in [-0.4, -0.2) is 46.0 Å². The van der Waals surface area contributed by atoms with E-state index >= 15 is 0 Å². The van der Waals surface area contributed by atoms with E-state index in [-0.39, 0.29) is 0 Å². The van der Waals surface area contributed by atoms with E-state index < -0.39 is 10.0 Å². The molecule has 2 aromatic rings. The number of piperazine rings is 1. The zero-order valence-corrected chi connectivity index (χ0v) is 16.6. The van der Waals surface area contributed by atoms with Crippen LogP contribution in [0.2, 0.25) is 0 Å². The molecule has 1 aliphatic rings. The van der Waals surface area contributed by atoms with Gasteiger partial charge in [0.1, 0.15) is 5.75 Å². The highest BCUT2D eigenvalue weighted by Gasteiger charge is 2.29. The van der Waals surface area contributed by atoms with Gasteiger partial charge in [0.25, 0.3) is 0 Å². The summed E-state index contributed by atoms with van der Waals surface area (Å²) in [4.78, 5) is 2.59. The fourth-order valence-corrected chi connectivity index (χ4v) is 5.00. The van der Waals surface area contributed by atoms with Gasteiger partial charge in [0.15, 0.2) is 0 Å². The van der Waals surface area contributed by atoms with Gasteiger partial charge in [-0.05, 0) is 56.2 Å². The average Bonchev–Trinajstić information content (AvgIpc) is 2.62. The minimum absolute atomic E-state index is 0.329. The molecule has 0 spiro atoms. The number of hydrogen-bond donors (Lipinski definition) is 0. The van der Waals surface area contributed by atoms with Crippen LogP contribution in [0.4, 0.5) is 5.69 Å². The Morgan fingerprint density at radius 2 is 1.58 bits per heavy atom. The molecule has 0 aromatic heterocycles. The number of sulfonamides is 1. The first-order chi connectivity index (χ1) is 12.3. The molecule has 0 bridgehead atoms. The molecule has 140 valence electrons. The van der Waals surface area contributed by atoms with E-state index in [9.17, 15) is 8.42 Å². The maximum atomic E-state index is 13.0. The van der Waals surface area contributed by atoms with Crippen LogP contribution in [0.3, 0.4) is 0 Å². The Labute approximate surface area is 156 Å². The minimum atomic E-state index is -3.48. The predicted molar refractivity (Wildman–Crippen MR) is 105 cm³/mol. The highest BCUT2D eigenvalue weighted by Crippen LogP contribution is 2.26. The SMILES string of the molecule is COc1ccc(S(=O)(=O)N2CCN(c3ccc(C)cc3C)CC2)cc1C. The van der Waals surface area contributed by atoms with Crippen LogP contribution in [0.25, 0.3) is 0 Å². The van der Waals surface area contributed by atoms with E-state index in [1.165, 1.54) is 16.8 Å². The number of aryl methyl sites for hydroxylation is 3. The summed E-state index contributed by atoms with van der Waals surface area (Å²) in [5.74, 6) is 0.698. The highest BCUT2D eigenvalue weighted by atomic mass is 32.2. The summed E-state index contributed by atoms with van der Waals surface area (Å²) >= 11 is 0. The number of benzene rings is 2. The number of rotatable bonds is 4. The molecule has 6 heteroatoms. The van der Waals surface area contributed by atoms with E-state index in [0.29, 0.717) is 36.8 Å². The Balaban J connectivity index is 1.75. The summed E-state index contributed by atoms with van der Waals surface area (Å²) < 4.78 is 32.7. The lowest BCUT2D eigenvalue weighted by molar-refractivity contribution is 0.384. The van der Waals surface area contributed by atoms with Crippen molar-refractivity contribution in [1.29, 1.82) is 0 Å². The zero-order chi connectivity index (χ0) is 18.9. The monoisotopic (exact) mass is 374 g/mol. The van der Waals surface area contributed by atoms with Crippen LogP contribution in [0.1, 0.15) is 16.7 Å². The van der Waals surface area contributed by atoms with Crippen LogP contribution in [-0.2, 0) is 10.0 Å². The molecule has 0 amide bonds. The molecule has 0 saturated carbocycles. The first-order valence-corrected chi connectivity index (χ1v) is 10.2. The topological polar surface area (TPSA) is 49.9 Å². The Kier molecular flexibility index (Phi) is 5.25. The van der Waals surface area contributed by atoms with Gasteiger partial charge in [-0.25, -0.2) is 8.42 Å². The van der Waals surface area contributed by atoms with Gasteiger partial charge in [-0.15, -0.1) is 0 Å². The van der Waals surface area contributed by atoms with Crippen molar-refractivity contribution in [2.45, 2.75) is 25.7 Å². The second-order valence-corrected chi connectivity index (χ2v) is 8.75. The fourth-order valence-electron chi connectivity index (χ4n) is 3.49. The van der Waals surface area contributed by atoms with E-state index in [4.69, 9.17) is 4.74 Å². The third-order valence-electron chi connectivity index (χ3n) is 4.94. The lowest BCUT2D eigenvalue weighted by Gasteiger charge is -2.36. The third-order valence-corrected chi connectivity index (χ3v) is 6.83. The van der Waals surface area contributed by atoms with Crippen LogP contribution in [0, 0.1) is 20.8 Å². The second-order valence-electron chi connectivity index (χ2n) is 6.81. The Bertz CT molecular complexity index is 901. The van der Waals surface area contributed by atoms with E-state index in [0.717, 1.165) is 5.56 Å². The van der Waals surface area contributed by atoms with Crippen molar-refractivity contribution in [2.24, 2.45) is 0 Å². The van der Waals surface area contributed by atoms with Crippen LogP contribution < -0.4 is 9.64 Å². The van der Waals surface area contributed by atoms with Gasteiger partial charge in [0, 0.05) is 31.9 Å². The first-order valence-electron chi connectivity index (χ1n) is 8.80. The normalized spacial score (nSPS) is 15.9. The van der Waals surface area contributed by atoms with Crippen LogP contribution in [0.5, 0.6) is 5.75 Å². The lowest BCUT2D eigenvalue weighted by atomic mass is 10.1. The van der Waals surface area contributed by atoms with E-state index in [1.807, 2.05) is 6.92 Å². The molecule has 1 fully saturated rings. The lowest BCUT2D eigenvalue weighted by Crippen LogP contribution is -2.48. The van der Waals surface area contributed by atoms with E-state index in [1.54, 1.807) is 29.6 Å². The average molecular weight is 375 g/mol. The summed E-state index contributed by atoms with van der Waals surface area (Å²) in [5.41, 5.74) is 4.48. The molecule has 1 aliphatic heterocycles. The van der Waals surface area contributed by atoms with Crippen molar-refractivity contribution in [2.75, 3.05) is 38.2 Å². The Hall–Kier alpha value is -2.05. The zero-order valence-electron chi connectivity index (χ0n) is 15.8. The molecule has 1 heterocycles. The molecular weight excluding hydrogens is 348 g/mol. The van der Waals surface area contributed by atoms with E-state index in [2.05, 4.69) is 36.9 Å². The maximum absolute atomic E-state index is 13.0.